The van der Waals surface area contributed by atoms with Gasteiger partial charge in [-0.15, -0.1) is 0 Å². The molecule has 6 heteroatoms. The topological polar surface area (TPSA) is 50.2 Å². The zero-order valence-corrected chi connectivity index (χ0v) is 12.6. The molecule has 0 aliphatic heterocycles. The number of rotatable bonds is 3. The van der Waals surface area contributed by atoms with Crippen molar-refractivity contribution in [3.63, 3.8) is 0 Å². The van der Waals surface area contributed by atoms with Crippen LogP contribution >= 0.6 is 15.9 Å². The van der Waals surface area contributed by atoms with Crippen LogP contribution in [0.5, 0.6) is 0 Å². The van der Waals surface area contributed by atoms with Crippen LogP contribution in [0.2, 0.25) is 0 Å². The number of pyridine rings is 1. The summed E-state index contributed by atoms with van der Waals surface area (Å²) >= 11 is 3.35. The first-order valence-corrected chi connectivity index (χ1v) is 6.53. The van der Waals surface area contributed by atoms with Crippen LogP contribution < -0.4 is 10.2 Å². The van der Waals surface area contributed by atoms with Crippen molar-refractivity contribution in [2.45, 2.75) is 0 Å². The third kappa shape index (κ3) is 2.96. The SMILES string of the molecule is CN(C)c1ccncc1NC(=O)c1cc(Br)cn1C. The molecule has 1 amide bonds. The van der Waals surface area contributed by atoms with E-state index in [2.05, 4.69) is 26.2 Å². The third-order valence-electron chi connectivity index (χ3n) is 2.73. The maximum Gasteiger partial charge on any atom is 0.272 e. The smallest absolute Gasteiger partial charge is 0.272 e. The maximum absolute atomic E-state index is 12.2. The van der Waals surface area contributed by atoms with Crippen LogP contribution in [0.1, 0.15) is 10.5 Å². The fraction of sp³-hybridized carbons (Fsp3) is 0.231. The standard InChI is InChI=1S/C13H15BrN4O/c1-17(2)11-4-5-15-7-10(11)16-13(19)12-6-9(14)8-18(12)3/h4-8H,1-3H3,(H,16,19). The average molecular weight is 323 g/mol. The minimum absolute atomic E-state index is 0.163. The van der Waals surface area contributed by atoms with Gasteiger partial charge >= 0.3 is 0 Å². The predicted octanol–water partition coefficient (Wildman–Crippen LogP) is 2.50. The molecule has 5 nitrogen and oxygen atoms in total. The first-order chi connectivity index (χ1) is 8.99. The monoisotopic (exact) mass is 322 g/mol. The number of anilines is 2. The summed E-state index contributed by atoms with van der Waals surface area (Å²) in [6.45, 7) is 0. The van der Waals surface area contributed by atoms with Crippen molar-refractivity contribution in [2.75, 3.05) is 24.3 Å². The van der Waals surface area contributed by atoms with E-state index in [0.717, 1.165) is 10.2 Å². The number of nitrogens with one attached hydrogen (secondary N) is 1. The van der Waals surface area contributed by atoms with Gasteiger partial charge in [-0.05, 0) is 28.1 Å². The lowest BCUT2D eigenvalue weighted by Gasteiger charge is -2.17. The van der Waals surface area contributed by atoms with Gasteiger partial charge < -0.3 is 14.8 Å². The van der Waals surface area contributed by atoms with Crippen molar-refractivity contribution in [3.05, 3.63) is 40.9 Å². The van der Waals surface area contributed by atoms with E-state index in [-0.39, 0.29) is 5.91 Å². The predicted molar refractivity (Wildman–Crippen MR) is 79.6 cm³/mol. The number of amides is 1. The lowest BCUT2D eigenvalue weighted by Crippen LogP contribution is -2.18. The second kappa shape index (κ2) is 5.44. The summed E-state index contributed by atoms with van der Waals surface area (Å²) in [6.07, 6.45) is 5.18. The van der Waals surface area contributed by atoms with Crippen molar-refractivity contribution in [1.29, 1.82) is 0 Å². The maximum atomic E-state index is 12.2. The highest BCUT2D eigenvalue weighted by Crippen LogP contribution is 2.23. The summed E-state index contributed by atoms with van der Waals surface area (Å²) < 4.78 is 2.64. The largest absolute Gasteiger partial charge is 0.376 e. The molecule has 0 aliphatic carbocycles. The second-order valence-corrected chi connectivity index (χ2v) is 5.31. The van der Waals surface area contributed by atoms with E-state index in [1.807, 2.05) is 38.3 Å². The van der Waals surface area contributed by atoms with Crippen LogP contribution in [0.25, 0.3) is 0 Å². The molecule has 2 heterocycles. The van der Waals surface area contributed by atoms with E-state index >= 15 is 0 Å². The molecule has 2 aromatic heterocycles. The van der Waals surface area contributed by atoms with Gasteiger partial charge in [-0.1, -0.05) is 0 Å². The van der Waals surface area contributed by atoms with E-state index in [0.29, 0.717) is 11.4 Å². The Morgan fingerprint density at radius 1 is 1.47 bits per heavy atom. The van der Waals surface area contributed by atoms with Gasteiger partial charge in [-0.2, -0.15) is 0 Å². The Labute approximate surface area is 120 Å². The summed E-state index contributed by atoms with van der Waals surface area (Å²) in [6, 6.07) is 3.64. The molecule has 0 aliphatic rings. The first-order valence-electron chi connectivity index (χ1n) is 5.73. The van der Waals surface area contributed by atoms with Crippen LogP contribution in [-0.2, 0) is 7.05 Å². The number of aromatic nitrogens is 2. The Balaban J connectivity index is 2.27. The number of nitrogens with zero attached hydrogens (tertiary/aromatic N) is 3. The molecular formula is C13H15BrN4O. The Morgan fingerprint density at radius 2 is 2.21 bits per heavy atom. The molecule has 0 saturated heterocycles. The first kappa shape index (κ1) is 13.6. The summed E-state index contributed by atoms with van der Waals surface area (Å²) in [4.78, 5) is 18.2. The van der Waals surface area contributed by atoms with Gasteiger partial charge in [0.15, 0.2) is 0 Å². The van der Waals surface area contributed by atoms with Gasteiger partial charge in [0.05, 0.1) is 17.6 Å². The van der Waals surface area contributed by atoms with Crippen molar-refractivity contribution < 1.29 is 4.79 Å². The number of halogens is 1. The molecule has 19 heavy (non-hydrogen) atoms. The van der Waals surface area contributed by atoms with Crippen LogP contribution in [0.15, 0.2) is 35.2 Å². The quantitative estimate of drug-likeness (QED) is 0.944. The number of carbonyl (C=O) groups is 1. The van der Waals surface area contributed by atoms with Crippen LogP contribution in [-0.4, -0.2) is 29.6 Å². The molecular weight excluding hydrogens is 308 g/mol. The Bertz CT molecular complexity index is 606. The van der Waals surface area contributed by atoms with Gasteiger partial charge in [0.25, 0.3) is 5.91 Å². The molecule has 0 radical (unpaired) electrons. The molecule has 2 aromatic rings. The van der Waals surface area contributed by atoms with Gasteiger partial charge in [-0.3, -0.25) is 9.78 Å². The molecule has 0 spiro atoms. The molecule has 0 bridgehead atoms. The van der Waals surface area contributed by atoms with Crippen LogP contribution in [0.4, 0.5) is 11.4 Å². The number of hydrogen-bond acceptors (Lipinski definition) is 3. The summed E-state index contributed by atoms with van der Waals surface area (Å²) in [5.41, 5.74) is 2.19. The second-order valence-electron chi connectivity index (χ2n) is 4.40. The normalized spacial score (nSPS) is 10.3. The summed E-state index contributed by atoms with van der Waals surface area (Å²) in [5, 5.41) is 2.88. The van der Waals surface area contributed by atoms with Gasteiger partial charge in [0.1, 0.15) is 5.69 Å². The Kier molecular flexibility index (Phi) is 3.90. The van der Waals surface area contributed by atoms with E-state index in [1.54, 1.807) is 23.0 Å². The highest BCUT2D eigenvalue weighted by molar-refractivity contribution is 9.10. The van der Waals surface area contributed by atoms with Crippen molar-refractivity contribution >= 4 is 33.2 Å². The van der Waals surface area contributed by atoms with Gasteiger partial charge in [0.2, 0.25) is 0 Å². The van der Waals surface area contributed by atoms with E-state index < -0.39 is 0 Å². The third-order valence-corrected chi connectivity index (χ3v) is 3.17. The highest BCUT2D eigenvalue weighted by Gasteiger charge is 2.13. The summed E-state index contributed by atoms with van der Waals surface area (Å²) in [5.74, 6) is -0.163. The average Bonchev–Trinajstić information content (AvgIpc) is 2.69. The van der Waals surface area contributed by atoms with E-state index in [1.165, 1.54) is 0 Å². The molecule has 100 valence electrons. The van der Waals surface area contributed by atoms with Gasteiger partial charge in [-0.25, -0.2) is 0 Å². The highest BCUT2D eigenvalue weighted by atomic mass is 79.9. The summed E-state index contributed by atoms with van der Waals surface area (Å²) in [7, 11) is 5.67. The van der Waals surface area contributed by atoms with Crippen LogP contribution in [0, 0.1) is 0 Å². The molecule has 0 fully saturated rings. The Hall–Kier alpha value is -1.82. The number of carbonyl (C=O) groups excluding carboxylic acids is 1. The van der Waals surface area contributed by atoms with Gasteiger partial charge in [0, 0.05) is 38.0 Å². The number of aryl methyl sites for hydroxylation is 1. The zero-order chi connectivity index (χ0) is 14.0. The lowest BCUT2D eigenvalue weighted by atomic mass is 10.3. The van der Waals surface area contributed by atoms with Crippen LogP contribution in [0.3, 0.4) is 0 Å². The van der Waals surface area contributed by atoms with Crippen molar-refractivity contribution in [1.82, 2.24) is 9.55 Å². The van der Waals surface area contributed by atoms with E-state index in [9.17, 15) is 4.79 Å². The Morgan fingerprint density at radius 3 is 2.79 bits per heavy atom. The molecule has 0 saturated carbocycles. The molecule has 0 aromatic carbocycles. The minimum Gasteiger partial charge on any atom is -0.376 e. The molecule has 0 atom stereocenters. The molecule has 2 rings (SSSR count). The fourth-order valence-corrected chi connectivity index (χ4v) is 2.33. The van der Waals surface area contributed by atoms with Crippen molar-refractivity contribution in [2.24, 2.45) is 7.05 Å². The molecule has 0 unspecified atom stereocenters. The zero-order valence-electron chi connectivity index (χ0n) is 11.0. The fourth-order valence-electron chi connectivity index (χ4n) is 1.81. The molecule has 1 N–H and O–H groups in total. The minimum atomic E-state index is -0.163. The number of hydrogen-bond donors (Lipinski definition) is 1. The lowest BCUT2D eigenvalue weighted by molar-refractivity contribution is 0.101. The van der Waals surface area contributed by atoms with Crippen molar-refractivity contribution in [3.8, 4) is 0 Å². The van der Waals surface area contributed by atoms with E-state index in [4.69, 9.17) is 0 Å².